The second-order valence-corrected chi connectivity index (χ2v) is 6.11. The van der Waals surface area contributed by atoms with E-state index in [-0.39, 0.29) is 6.04 Å². The van der Waals surface area contributed by atoms with E-state index < -0.39 is 6.03 Å². The van der Waals surface area contributed by atoms with E-state index in [0.717, 1.165) is 5.56 Å². The summed E-state index contributed by atoms with van der Waals surface area (Å²) in [4.78, 5) is 12.2. The highest BCUT2D eigenvalue weighted by atomic mass is 35.5. The van der Waals surface area contributed by atoms with Crippen LogP contribution in [-0.4, -0.2) is 13.1 Å². The molecule has 2 amide bonds. The largest absolute Gasteiger partial charge is 0.495 e. The quantitative estimate of drug-likeness (QED) is 0.739. The Kier molecular flexibility index (Phi) is 5.99. The Morgan fingerprint density at radius 3 is 2.39 bits per heavy atom. The maximum absolute atomic E-state index is 12.2. The predicted molar refractivity (Wildman–Crippen MR) is 95.0 cm³/mol. The fourth-order valence-electron chi connectivity index (χ4n) is 2.06. The van der Waals surface area contributed by atoms with Crippen LogP contribution in [0, 0.1) is 0 Å². The first kappa shape index (κ1) is 17.7. The molecule has 0 aliphatic carbocycles. The number of nitrogens with one attached hydrogen (secondary N) is 2. The zero-order valence-corrected chi connectivity index (χ0v) is 14.8. The third kappa shape index (κ3) is 4.67. The molecule has 0 heterocycles. The molecule has 2 aromatic rings. The highest BCUT2D eigenvalue weighted by molar-refractivity contribution is 6.35. The van der Waals surface area contributed by atoms with Gasteiger partial charge < -0.3 is 15.4 Å². The summed E-state index contributed by atoms with van der Waals surface area (Å²) in [6.07, 6.45) is 0. The summed E-state index contributed by atoms with van der Waals surface area (Å²) in [7, 11) is 1.52. The van der Waals surface area contributed by atoms with Crippen LogP contribution in [0.4, 0.5) is 10.5 Å². The number of hydrogen-bond acceptors (Lipinski definition) is 2. The van der Waals surface area contributed by atoms with Crippen molar-refractivity contribution in [3.63, 3.8) is 0 Å². The van der Waals surface area contributed by atoms with Crippen molar-refractivity contribution in [3.05, 3.63) is 57.0 Å². The molecule has 23 heavy (non-hydrogen) atoms. The van der Waals surface area contributed by atoms with E-state index in [1.54, 1.807) is 36.4 Å². The van der Waals surface area contributed by atoms with Gasteiger partial charge in [0.25, 0.3) is 0 Å². The van der Waals surface area contributed by atoms with Gasteiger partial charge in [0, 0.05) is 15.1 Å². The molecule has 4 nitrogen and oxygen atoms in total. The van der Waals surface area contributed by atoms with Crippen molar-refractivity contribution in [2.75, 3.05) is 12.4 Å². The van der Waals surface area contributed by atoms with Crippen LogP contribution in [-0.2, 0) is 0 Å². The minimum Gasteiger partial charge on any atom is -0.495 e. The Labute approximate surface area is 149 Å². The van der Waals surface area contributed by atoms with Crippen molar-refractivity contribution in [1.82, 2.24) is 5.32 Å². The van der Waals surface area contributed by atoms with E-state index in [4.69, 9.17) is 39.5 Å². The summed E-state index contributed by atoms with van der Waals surface area (Å²) in [6, 6.07) is 9.40. The molecular formula is C16H15Cl3N2O2. The molecule has 2 rings (SSSR count). The molecule has 0 unspecified atom stereocenters. The number of amides is 2. The van der Waals surface area contributed by atoms with Crippen molar-refractivity contribution in [3.8, 4) is 5.75 Å². The standard InChI is InChI=1S/C16H15Cl3N2O2/c1-9(12-5-3-10(17)7-13(12)19)20-16(22)21-14-8-11(18)4-6-15(14)23-2/h3-9H,1-2H3,(H2,20,21,22)/t9-/m1/s1. The molecule has 2 aromatic carbocycles. The molecule has 0 aliphatic heterocycles. The van der Waals surface area contributed by atoms with Gasteiger partial charge in [0.1, 0.15) is 5.75 Å². The van der Waals surface area contributed by atoms with Crippen LogP contribution in [0.5, 0.6) is 5.75 Å². The van der Waals surface area contributed by atoms with Gasteiger partial charge >= 0.3 is 6.03 Å². The van der Waals surface area contributed by atoms with E-state index >= 15 is 0 Å². The second-order valence-electron chi connectivity index (χ2n) is 4.83. The normalized spacial score (nSPS) is 11.7. The topological polar surface area (TPSA) is 50.4 Å². The summed E-state index contributed by atoms with van der Waals surface area (Å²) in [5, 5.41) is 7.03. The summed E-state index contributed by atoms with van der Waals surface area (Å²) in [6.45, 7) is 1.82. The first-order valence-corrected chi connectivity index (χ1v) is 7.90. The molecule has 122 valence electrons. The molecule has 0 fully saturated rings. The van der Waals surface area contributed by atoms with Gasteiger partial charge in [0.2, 0.25) is 0 Å². The number of methoxy groups -OCH3 is 1. The van der Waals surface area contributed by atoms with Crippen molar-refractivity contribution in [2.45, 2.75) is 13.0 Å². The van der Waals surface area contributed by atoms with E-state index in [0.29, 0.717) is 26.5 Å². The molecule has 0 spiro atoms. The third-order valence-corrected chi connectivity index (χ3v) is 3.98. The Morgan fingerprint density at radius 1 is 1.09 bits per heavy atom. The lowest BCUT2D eigenvalue weighted by Gasteiger charge is -2.17. The van der Waals surface area contributed by atoms with Gasteiger partial charge in [-0.25, -0.2) is 4.79 Å². The lowest BCUT2D eigenvalue weighted by molar-refractivity contribution is 0.249. The SMILES string of the molecule is COc1ccc(Cl)cc1NC(=O)N[C@H](C)c1ccc(Cl)cc1Cl. The van der Waals surface area contributed by atoms with Gasteiger partial charge in [-0.15, -0.1) is 0 Å². The minimum absolute atomic E-state index is 0.301. The van der Waals surface area contributed by atoms with Gasteiger partial charge in [0.15, 0.2) is 0 Å². The van der Waals surface area contributed by atoms with E-state index in [2.05, 4.69) is 10.6 Å². The van der Waals surface area contributed by atoms with E-state index in [1.165, 1.54) is 7.11 Å². The minimum atomic E-state index is -0.399. The molecule has 0 saturated heterocycles. The number of benzene rings is 2. The van der Waals surface area contributed by atoms with Crippen molar-refractivity contribution in [2.24, 2.45) is 0 Å². The van der Waals surface area contributed by atoms with Gasteiger partial charge in [-0.2, -0.15) is 0 Å². The average molecular weight is 374 g/mol. The van der Waals surface area contributed by atoms with Crippen molar-refractivity contribution < 1.29 is 9.53 Å². The number of anilines is 1. The molecule has 0 aliphatic rings. The summed E-state index contributed by atoms with van der Waals surface area (Å²) in [5.74, 6) is 0.515. The molecule has 0 aromatic heterocycles. The van der Waals surface area contributed by atoms with Crippen LogP contribution < -0.4 is 15.4 Å². The number of carbonyl (C=O) groups excluding carboxylic acids is 1. The predicted octanol–water partition coefficient (Wildman–Crippen LogP) is 5.54. The summed E-state index contributed by atoms with van der Waals surface area (Å²) < 4.78 is 5.19. The van der Waals surface area contributed by atoms with Gasteiger partial charge in [-0.3, -0.25) is 0 Å². The monoisotopic (exact) mass is 372 g/mol. The number of hydrogen-bond donors (Lipinski definition) is 2. The Balaban J connectivity index is 2.09. The first-order valence-electron chi connectivity index (χ1n) is 6.76. The van der Waals surface area contributed by atoms with Crippen molar-refractivity contribution in [1.29, 1.82) is 0 Å². The molecule has 0 bridgehead atoms. The van der Waals surface area contributed by atoms with Crippen LogP contribution in [0.1, 0.15) is 18.5 Å². The number of urea groups is 1. The average Bonchev–Trinajstić information content (AvgIpc) is 2.47. The highest BCUT2D eigenvalue weighted by Crippen LogP contribution is 2.28. The zero-order chi connectivity index (χ0) is 17.0. The Hall–Kier alpha value is -1.62. The number of carbonyl (C=O) groups is 1. The first-order chi connectivity index (χ1) is 10.9. The summed E-state index contributed by atoms with van der Waals surface area (Å²) >= 11 is 18.0. The van der Waals surface area contributed by atoms with E-state index in [1.807, 2.05) is 6.92 Å². The summed E-state index contributed by atoms with van der Waals surface area (Å²) in [5.41, 5.74) is 1.25. The zero-order valence-electron chi connectivity index (χ0n) is 12.5. The van der Waals surface area contributed by atoms with Gasteiger partial charge in [-0.05, 0) is 42.8 Å². The maximum Gasteiger partial charge on any atom is 0.319 e. The van der Waals surface area contributed by atoms with Crippen LogP contribution in [0.15, 0.2) is 36.4 Å². The molecule has 2 N–H and O–H groups in total. The molecule has 0 saturated carbocycles. The lowest BCUT2D eigenvalue weighted by atomic mass is 10.1. The second kappa shape index (κ2) is 7.77. The van der Waals surface area contributed by atoms with Crippen molar-refractivity contribution >= 4 is 46.5 Å². The van der Waals surface area contributed by atoms with Gasteiger partial charge in [0.05, 0.1) is 18.8 Å². The third-order valence-electron chi connectivity index (χ3n) is 3.19. The molecular weight excluding hydrogens is 359 g/mol. The van der Waals surface area contributed by atoms with Crippen LogP contribution >= 0.6 is 34.8 Å². The van der Waals surface area contributed by atoms with Gasteiger partial charge in [-0.1, -0.05) is 40.9 Å². The van der Waals surface area contributed by atoms with Crippen LogP contribution in [0.25, 0.3) is 0 Å². The Bertz CT molecular complexity index is 722. The number of halogens is 3. The fourth-order valence-corrected chi connectivity index (χ4v) is 2.81. The molecule has 7 heteroatoms. The number of ether oxygens (including phenoxy) is 1. The smallest absolute Gasteiger partial charge is 0.319 e. The lowest BCUT2D eigenvalue weighted by Crippen LogP contribution is -2.31. The maximum atomic E-state index is 12.2. The molecule has 0 radical (unpaired) electrons. The number of rotatable bonds is 4. The molecule has 1 atom stereocenters. The Morgan fingerprint density at radius 2 is 1.74 bits per heavy atom. The van der Waals surface area contributed by atoms with Crippen LogP contribution in [0.3, 0.4) is 0 Å². The fraction of sp³-hybridized carbons (Fsp3) is 0.188. The van der Waals surface area contributed by atoms with Crippen LogP contribution in [0.2, 0.25) is 15.1 Å². The van der Waals surface area contributed by atoms with E-state index in [9.17, 15) is 4.79 Å². The highest BCUT2D eigenvalue weighted by Gasteiger charge is 2.14.